The van der Waals surface area contributed by atoms with Gasteiger partial charge >= 0.3 is 0 Å². The number of imide groups is 2. The van der Waals surface area contributed by atoms with E-state index in [0.717, 1.165) is 68.5 Å². The number of rotatable bonds is 8. The topological polar surface area (TPSA) is 154 Å². The maximum Gasteiger partial charge on any atom is 0.264 e. The average molecular weight is 644 g/mol. The number of likely N-dealkylation sites (tertiary alicyclic amines) is 2. The van der Waals surface area contributed by atoms with E-state index in [2.05, 4.69) is 15.7 Å². The van der Waals surface area contributed by atoms with Crippen LogP contribution in [0.3, 0.4) is 0 Å². The summed E-state index contributed by atoms with van der Waals surface area (Å²) in [5.41, 5.74) is 1.85. The number of nitrogens with zero attached hydrogens (tertiary/aromatic N) is 5. The third-order valence-corrected chi connectivity index (χ3v) is 10.6. The molecular formula is C34H41N7O6. The first-order valence-corrected chi connectivity index (χ1v) is 16.9. The maximum absolute atomic E-state index is 13.4. The van der Waals surface area contributed by atoms with Crippen molar-refractivity contribution in [2.45, 2.75) is 82.8 Å². The number of fused-ring (bicyclic) bond motifs is 1. The minimum Gasteiger partial charge on any atom is -0.380 e. The van der Waals surface area contributed by atoms with Gasteiger partial charge in [0.05, 0.1) is 23.4 Å². The molecule has 248 valence electrons. The Morgan fingerprint density at radius 3 is 2.34 bits per heavy atom. The largest absolute Gasteiger partial charge is 0.380 e. The van der Waals surface area contributed by atoms with Crippen LogP contribution in [0, 0.1) is 11.8 Å². The lowest BCUT2D eigenvalue weighted by molar-refractivity contribution is -0.140. The summed E-state index contributed by atoms with van der Waals surface area (Å²) in [4.78, 5) is 81.1. The smallest absolute Gasteiger partial charge is 0.264 e. The summed E-state index contributed by atoms with van der Waals surface area (Å²) in [5.74, 6) is -1.05. The van der Waals surface area contributed by atoms with E-state index in [1.165, 1.54) is 0 Å². The summed E-state index contributed by atoms with van der Waals surface area (Å²) >= 11 is 0. The van der Waals surface area contributed by atoms with E-state index >= 15 is 0 Å². The van der Waals surface area contributed by atoms with Crippen molar-refractivity contribution in [3.8, 4) is 0 Å². The van der Waals surface area contributed by atoms with Gasteiger partial charge in [0.15, 0.2) is 0 Å². The first-order valence-electron chi connectivity index (χ1n) is 16.9. The quantitative estimate of drug-likeness (QED) is 0.416. The van der Waals surface area contributed by atoms with E-state index in [4.69, 9.17) is 0 Å². The molecule has 3 saturated heterocycles. The van der Waals surface area contributed by atoms with Gasteiger partial charge in [-0.3, -0.25) is 43.7 Å². The van der Waals surface area contributed by atoms with Crippen LogP contribution in [0.15, 0.2) is 30.6 Å². The van der Waals surface area contributed by atoms with Crippen LogP contribution < -0.4 is 10.6 Å². The van der Waals surface area contributed by atoms with Crippen molar-refractivity contribution in [3.05, 3.63) is 47.3 Å². The Morgan fingerprint density at radius 2 is 1.64 bits per heavy atom. The molecule has 1 atom stereocenters. The standard InChI is InChI=1S/C34H41N7O6/c42-28-8-7-27(31(44)37-28)41-33(46)25-5-2-6-26(30(25)34(41)47)35-18-22-19-36-40(20-22)24-11-15-38(16-12-24)29(43)17-21-9-13-39(14-10-21)32(45)23-3-1-4-23/h2,5-6,19-21,23-24,27,35H,1,3-4,7-18H2,(H,37,42,44). The molecule has 47 heavy (non-hydrogen) atoms. The number of hydrogen-bond acceptors (Lipinski definition) is 8. The average Bonchev–Trinajstić information content (AvgIpc) is 3.62. The lowest BCUT2D eigenvalue weighted by Crippen LogP contribution is -2.54. The van der Waals surface area contributed by atoms with Crippen molar-refractivity contribution in [1.82, 2.24) is 29.8 Å². The molecule has 13 heteroatoms. The summed E-state index contributed by atoms with van der Waals surface area (Å²) in [6.07, 6.45) is 11.1. The SMILES string of the molecule is O=C1CCC(N2C(=O)c3cccc(NCc4cnn(C5CCN(C(=O)CC6CCN(C(=O)C7CCC7)CC6)CC5)c4)c3C2=O)C(=O)N1. The van der Waals surface area contributed by atoms with Crippen LogP contribution in [0.1, 0.15) is 96.5 Å². The predicted molar refractivity (Wildman–Crippen MR) is 169 cm³/mol. The highest BCUT2D eigenvalue weighted by Gasteiger charge is 2.45. The third kappa shape index (κ3) is 6.15. The molecule has 1 aliphatic carbocycles. The van der Waals surface area contributed by atoms with Crippen molar-refractivity contribution in [3.63, 3.8) is 0 Å². The molecule has 5 aliphatic rings. The van der Waals surface area contributed by atoms with Crippen molar-refractivity contribution in [2.24, 2.45) is 11.8 Å². The normalized spacial score (nSPS) is 22.7. The number of hydrogen-bond donors (Lipinski definition) is 2. The molecule has 1 unspecified atom stereocenters. The van der Waals surface area contributed by atoms with Gasteiger partial charge in [-0.15, -0.1) is 0 Å². The second-order valence-electron chi connectivity index (χ2n) is 13.6. The van der Waals surface area contributed by atoms with Gasteiger partial charge in [0.2, 0.25) is 23.6 Å². The molecule has 0 spiro atoms. The zero-order valence-electron chi connectivity index (χ0n) is 26.5. The zero-order chi connectivity index (χ0) is 32.7. The maximum atomic E-state index is 13.4. The minimum absolute atomic E-state index is 0.0675. The monoisotopic (exact) mass is 643 g/mol. The van der Waals surface area contributed by atoms with Crippen LogP contribution >= 0.6 is 0 Å². The fourth-order valence-corrected chi connectivity index (χ4v) is 7.55. The van der Waals surface area contributed by atoms with Crippen molar-refractivity contribution in [2.75, 3.05) is 31.5 Å². The number of carbonyl (C=O) groups excluding carboxylic acids is 6. The zero-order valence-corrected chi connectivity index (χ0v) is 26.5. The Bertz CT molecular complexity index is 1600. The number of benzene rings is 1. The Hall–Kier alpha value is -4.55. The third-order valence-electron chi connectivity index (χ3n) is 10.6. The van der Waals surface area contributed by atoms with E-state index in [1.54, 1.807) is 24.4 Å². The van der Waals surface area contributed by atoms with Gasteiger partial charge in [-0.25, -0.2) is 0 Å². The van der Waals surface area contributed by atoms with Gasteiger partial charge in [-0.2, -0.15) is 5.10 Å². The number of piperidine rings is 3. The summed E-state index contributed by atoms with van der Waals surface area (Å²) in [7, 11) is 0. The molecule has 1 saturated carbocycles. The van der Waals surface area contributed by atoms with Crippen LogP contribution in [0.4, 0.5) is 5.69 Å². The molecule has 1 aromatic heterocycles. The van der Waals surface area contributed by atoms with E-state index in [-0.39, 0.29) is 41.8 Å². The molecule has 4 aliphatic heterocycles. The predicted octanol–water partition coefficient (Wildman–Crippen LogP) is 2.49. The number of nitrogens with one attached hydrogen (secondary N) is 2. The van der Waals surface area contributed by atoms with Crippen molar-refractivity contribution >= 4 is 41.1 Å². The van der Waals surface area contributed by atoms with Gasteiger partial charge in [0.25, 0.3) is 11.8 Å². The van der Waals surface area contributed by atoms with Crippen LogP contribution in [0.5, 0.6) is 0 Å². The number of carbonyl (C=O) groups is 6. The number of anilines is 1. The van der Waals surface area contributed by atoms with Gasteiger partial charge in [0, 0.05) is 68.9 Å². The molecule has 13 nitrogen and oxygen atoms in total. The highest BCUT2D eigenvalue weighted by Crippen LogP contribution is 2.34. The van der Waals surface area contributed by atoms with Crippen LogP contribution in [0.25, 0.3) is 0 Å². The molecule has 1 aromatic carbocycles. The Balaban J connectivity index is 0.891. The van der Waals surface area contributed by atoms with Crippen molar-refractivity contribution in [1.29, 1.82) is 0 Å². The van der Waals surface area contributed by atoms with Gasteiger partial charge in [-0.1, -0.05) is 12.5 Å². The molecule has 2 N–H and O–H groups in total. The number of aromatic nitrogens is 2. The highest BCUT2D eigenvalue weighted by atomic mass is 16.2. The molecular weight excluding hydrogens is 602 g/mol. The van der Waals surface area contributed by atoms with Crippen LogP contribution in [-0.4, -0.2) is 92.1 Å². The molecule has 5 heterocycles. The first-order chi connectivity index (χ1) is 22.8. The second kappa shape index (κ2) is 12.9. The summed E-state index contributed by atoms with van der Waals surface area (Å²) in [5, 5.41) is 10.1. The summed E-state index contributed by atoms with van der Waals surface area (Å²) in [6.45, 7) is 3.29. The van der Waals surface area contributed by atoms with E-state index in [1.807, 2.05) is 20.7 Å². The Morgan fingerprint density at radius 1 is 0.894 bits per heavy atom. The highest BCUT2D eigenvalue weighted by molar-refractivity contribution is 6.25. The minimum atomic E-state index is -1.01. The molecule has 0 bridgehead atoms. The molecule has 7 rings (SSSR count). The van der Waals surface area contributed by atoms with Crippen LogP contribution in [-0.2, 0) is 25.7 Å². The Labute approximate surface area is 273 Å². The van der Waals surface area contributed by atoms with Gasteiger partial charge < -0.3 is 15.1 Å². The molecule has 6 amide bonds. The summed E-state index contributed by atoms with van der Waals surface area (Å²) < 4.78 is 1.95. The fraction of sp³-hybridized carbons (Fsp3) is 0.559. The van der Waals surface area contributed by atoms with E-state index in [0.29, 0.717) is 43.6 Å². The lowest BCUT2D eigenvalue weighted by atomic mass is 9.83. The molecule has 0 radical (unpaired) electrons. The van der Waals surface area contributed by atoms with Crippen molar-refractivity contribution < 1.29 is 28.8 Å². The molecule has 4 fully saturated rings. The first kappa shape index (κ1) is 31.1. The summed E-state index contributed by atoms with van der Waals surface area (Å²) in [6, 6.07) is 4.16. The van der Waals surface area contributed by atoms with Gasteiger partial charge in [0.1, 0.15) is 6.04 Å². The van der Waals surface area contributed by atoms with E-state index < -0.39 is 29.7 Å². The van der Waals surface area contributed by atoms with Gasteiger partial charge in [-0.05, 0) is 63.0 Å². The molecule has 2 aromatic rings. The second-order valence-corrected chi connectivity index (χ2v) is 13.6. The number of amides is 6. The van der Waals surface area contributed by atoms with Crippen LogP contribution in [0.2, 0.25) is 0 Å². The lowest BCUT2D eigenvalue weighted by Gasteiger charge is -2.37. The Kier molecular flexibility index (Phi) is 8.54. The van der Waals surface area contributed by atoms with E-state index in [9.17, 15) is 28.8 Å². The fourth-order valence-electron chi connectivity index (χ4n) is 7.55.